The molecule has 1 saturated carbocycles. The van der Waals surface area contributed by atoms with Crippen molar-refractivity contribution in [1.29, 1.82) is 0 Å². The summed E-state index contributed by atoms with van der Waals surface area (Å²) in [6.07, 6.45) is 9.90. The molecule has 2 aliphatic rings. The predicted octanol–water partition coefficient (Wildman–Crippen LogP) is 2.79. The van der Waals surface area contributed by atoms with Gasteiger partial charge < -0.3 is 10.6 Å². The van der Waals surface area contributed by atoms with E-state index in [4.69, 9.17) is 5.73 Å². The Morgan fingerprint density at radius 1 is 1.16 bits per heavy atom. The molecule has 1 atom stereocenters. The molecule has 0 aromatic heterocycles. The SMILES string of the molecule is CC1CCC(CC(CN)C(=O)N2CCCCC2)CC1. The molecule has 1 saturated heterocycles. The summed E-state index contributed by atoms with van der Waals surface area (Å²) in [6.45, 7) is 4.78. The third kappa shape index (κ3) is 4.20. The number of piperidine rings is 1. The van der Waals surface area contributed by atoms with Gasteiger partial charge in [-0.1, -0.05) is 32.6 Å². The molecular weight excluding hydrogens is 236 g/mol. The summed E-state index contributed by atoms with van der Waals surface area (Å²) >= 11 is 0. The van der Waals surface area contributed by atoms with Gasteiger partial charge in [0.05, 0.1) is 5.92 Å². The maximum atomic E-state index is 12.5. The van der Waals surface area contributed by atoms with E-state index in [-0.39, 0.29) is 5.92 Å². The van der Waals surface area contributed by atoms with E-state index < -0.39 is 0 Å². The molecular formula is C16H30N2O. The molecule has 1 amide bonds. The number of carbonyl (C=O) groups is 1. The van der Waals surface area contributed by atoms with Crippen LogP contribution in [0.1, 0.15) is 58.3 Å². The molecule has 0 aromatic carbocycles. The Bertz CT molecular complexity index is 278. The average Bonchev–Trinajstić information content (AvgIpc) is 2.47. The van der Waals surface area contributed by atoms with Crippen molar-refractivity contribution in [2.24, 2.45) is 23.5 Å². The van der Waals surface area contributed by atoms with Gasteiger partial charge in [0.1, 0.15) is 0 Å². The lowest BCUT2D eigenvalue weighted by molar-refractivity contribution is -0.136. The number of hydrogen-bond acceptors (Lipinski definition) is 2. The molecule has 0 radical (unpaired) electrons. The largest absolute Gasteiger partial charge is 0.342 e. The fourth-order valence-electron chi connectivity index (χ4n) is 3.64. The maximum absolute atomic E-state index is 12.5. The van der Waals surface area contributed by atoms with Crippen LogP contribution in [0.15, 0.2) is 0 Å². The second-order valence-electron chi connectivity index (χ2n) is 6.68. The van der Waals surface area contributed by atoms with Gasteiger partial charge in [0.25, 0.3) is 0 Å². The van der Waals surface area contributed by atoms with E-state index in [9.17, 15) is 4.79 Å². The predicted molar refractivity (Wildman–Crippen MR) is 78.7 cm³/mol. The van der Waals surface area contributed by atoms with E-state index in [1.165, 1.54) is 44.9 Å². The Morgan fingerprint density at radius 2 is 1.79 bits per heavy atom. The van der Waals surface area contributed by atoms with Crippen LogP contribution in [0.2, 0.25) is 0 Å². The monoisotopic (exact) mass is 266 g/mol. The van der Waals surface area contributed by atoms with Gasteiger partial charge in [-0.15, -0.1) is 0 Å². The molecule has 0 bridgehead atoms. The molecule has 0 spiro atoms. The van der Waals surface area contributed by atoms with Crippen LogP contribution < -0.4 is 5.73 Å². The van der Waals surface area contributed by atoms with Crippen molar-refractivity contribution in [1.82, 2.24) is 4.90 Å². The zero-order valence-electron chi connectivity index (χ0n) is 12.4. The topological polar surface area (TPSA) is 46.3 Å². The first-order valence-corrected chi connectivity index (χ1v) is 8.19. The third-order valence-electron chi connectivity index (χ3n) is 5.05. The second kappa shape index (κ2) is 7.28. The lowest BCUT2D eigenvalue weighted by Crippen LogP contribution is -2.42. The van der Waals surface area contributed by atoms with Crippen LogP contribution in [0.4, 0.5) is 0 Å². The number of hydrogen-bond donors (Lipinski definition) is 1. The molecule has 2 rings (SSSR count). The summed E-state index contributed by atoms with van der Waals surface area (Å²) in [5.74, 6) is 2.03. The van der Waals surface area contributed by atoms with E-state index in [0.717, 1.165) is 31.3 Å². The molecule has 1 heterocycles. The Balaban J connectivity index is 1.83. The van der Waals surface area contributed by atoms with Gasteiger partial charge in [0, 0.05) is 19.6 Å². The highest BCUT2D eigenvalue weighted by Crippen LogP contribution is 2.32. The van der Waals surface area contributed by atoms with Crippen molar-refractivity contribution in [2.45, 2.75) is 58.3 Å². The lowest BCUT2D eigenvalue weighted by Gasteiger charge is -2.33. The molecule has 1 aliphatic heterocycles. The highest BCUT2D eigenvalue weighted by atomic mass is 16.2. The van der Waals surface area contributed by atoms with E-state index in [1.54, 1.807) is 0 Å². The van der Waals surface area contributed by atoms with Crippen molar-refractivity contribution >= 4 is 5.91 Å². The first kappa shape index (κ1) is 14.8. The van der Waals surface area contributed by atoms with Gasteiger partial charge in [0.15, 0.2) is 0 Å². The molecule has 2 fully saturated rings. The quantitative estimate of drug-likeness (QED) is 0.850. The van der Waals surface area contributed by atoms with E-state index >= 15 is 0 Å². The summed E-state index contributed by atoms with van der Waals surface area (Å²) < 4.78 is 0. The van der Waals surface area contributed by atoms with Gasteiger partial charge in [-0.2, -0.15) is 0 Å². The molecule has 0 aromatic rings. The van der Waals surface area contributed by atoms with Crippen molar-refractivity contribution in [3.05, 3.63) is 0 Å². The Kier molecular flexibility index (Phi) is 5.68. The zero-order valence-corrected chi connectivity index (χ0v) is 12.4. The minimum absolute atomic E-state index is 0.0801. The number of nitrogens with two attached hydrogens (primary N) is 1. The molecule has 3 nitrogen and oxygen atoms in total. The fraction of sp³-hybridized carbons (Fsp3) is 0.938. The summed E-state index contributed by atoms with van der Waals surface area (Å²) in [5, 5.41) is 0. The van der Waals surface area contributed by atoms with E-state index in [1.807, 2.05) is 0 Å². The molecule has 1 aliphatic carbocycles. The van der Waals surface area contributed by atoms with E-state index in [0.29, 0.717) is 12.5 Å². The Hall–Kier alpha value is -0.570. The second-order valence-corrected chi connectivity index (χ2v) is 6.68. The zero-order chi connectivity index (χ0) is 13.7. The summed E-state index contributed by atoms with van der Waals surface area (Å²) in [6, 6.07) is 0. The normalized spacial score (nSPS) is 30.1. The Morgan fingerprint density at radius 3 is 2.37 bits per heavy atom. The van der Waals surface area contributed by atoms with Crippen LogP contribution in [0.3, 0.4) is 0 Å². The molecule has 3 heteroatoms. The molecule has 2 N–H and O–H groups in total. The first-order chi connectivity index (χ1) is 9.20. The number of amides is 1. The third-order valence-corrected chi connectivity index (χ3v) is 5.05. The van der Waals surface area contributed by atoms with Crippen LogP contribution >= 0.6 is 0 Å². The van der Waals surface area contributed by atoms with Gasteiger partial charge in [-0.05, 0) is 37.5 Å². The maximum Gasteiger partial charge on any atom is 0.226 e. The van der Waals surface area contributed by atoms with Crippen molar-refractivity contribution in [3.8, 4) is 0 Å². The number of rotatable bonds is 4. The van der Waals surface area contributed by atoms with E-state index in [2.05, 4.69) is 11.8 Å². The van der Waals surface area contributed by atoms with Crippen LogP contribution in [-0.4, -0.2) is 30.4 Å². The highest BCUT2D eigenvalue weighted by Gasteiger charge is 2.28. The average molecular weight is 266 g/mol. The van der Waals surface area contributed by atoms with Crippen LogP contribution in [0.25, 0.3) is 0 Å². The van der Waals surface area contributed by atoms with Crippen molar-refractivity contribution < 1.29 is 4.79 Å². The summed E-state index contributed by atoms with van der Waals surface area (Å²) in [5.41, 5.74) is 5.88. The lowest BCUT2D eigenvalue weighted by atomic mass is 9.78. The molecule has 19 heavy (non-hydrogen) atoms. The number of nitrogens with zero attached hydrogens (tertiary/aromatic N) is 1. The highest BCUT2D eigenvalue weighted by molar-refractivity contribution is 5.79. The van der Waals surface area contributed by atoms with Gasteiger partial charge in [0.2, 0.25) is 5.91 Å². The van der Waals surface area contributed by atoms with Gasteiger partial charge >= 0.3 is 0 Å². The van der Waals surface area contributed by atoms with Gasteiger partial charge in [-0.25, -0.2) is 0 Å². The molecule has 110 valence electrons. The van der Waals surface area contributed by atoms with Crippen molar-refractivity contribution in [3.63, 3.8) is 0 Å². The summed E-state index contributed by atoms with van der Waals surface area (Å²) in [7, 11) is 0. The number of likely N-dealkylation sites (tertiary alicyclic amines) is 1. The number of carbonyl (C=O) groups excluding carboxylic acids is 1. The first-order valence-electron chi connectivity index (χ1n) is 8.19. The fourth-order valence-corrected chi connectivity index (χ4v) is 3.64. The van der Waals surface area contributed by atoms with Crippen molar-refractivity contribution in [2.75, 3.05) is 19.6 Å². The summed E-state index contributed by atoms with van der Waals surface area (Å²) in [4.78, 5) is 14.6. The minimum Gasteiger partial charge on any atom is -0.342 e. The standard InChI is InChI=1S/C16H30N2O/c1-13-5-7-14(8-6-13)11-15(12-17)16(19)18-9-3-2-4-10-18/h13-15H,2-12,17H2,1H3. The van der Waals surface area contributed by atoms with Gasteiger partial charge in [-0.3, -0.25) is 4.79 Å². The smallest absolute Gasteiger partial charge is 0.226 e. The van der Waals surface area contributed by atoms with Crippen LogP contribution in [0, 0.1) is 17.8 Å². The minimum atomic E-state index is 0.0801. The van der Waals surface area contributed by atoms with Crippen LogP contribution in [0.5, 0.6) is 0 Å². The van der Waals surface area contributed by atoms with Crippen LogP contribution in [-0.2, 0) is 4.79 Å². The molecule has 1 unspecified atom stereocenters. The Labute approximate surface area is 117 Å².